The van der Waals surface area contributed by atoms with Crippen molar-refractivity contribution in [2.75, 3.05) is 0 Å². The van der Waals surface area contributed by atoms with Gasteiger partial charge < -0.3 is 0 Å². The van der Waals surface area contributed by atoms with E-state index in [0.717, 1.165) is 5.92 Å². The summed E-state index contributed by atoms with van der Waals surface area (Å²) in [5.74, 6) is 0.805. The third-order valence-electron chi connectivity index (χ3n) is 5.43. The molecule has 102 valence electrons. The largest absolute Gasteiger partial charge is 0.0619 e. The molecule has 0 atom stereocenters. The van der Waals surface area contributed by atoms with Crippen LogP contribution in [-0.2, 0) is 5.41 Å². The van der Waals surface area contributed by atoms with Crippen molar-refractivity contribution in [3.63, 3.8) is 0 Å². The molecule has 0 N–H and O–H groups in total. The predicted octanol–water partition coefficient (Wildman–Crippen LogP) is 5.65. The Morgan fingerprint density at radius 1 is 0.850 bits per heavy atom. The van der Waals surface area contributed by atoms with E-state index >= 15 is 0 Å². The lowest BCUT2D eigenvalue weighted by atomic mass is 9.81. The first-order valence-corrected chi connectivity index (χ1v) is 7.92. The summed E-state index contributed by atoms with van der Waals surface area (Å²) in [6.45, 7) is 4.74. The number of rotatable bonds is 1. The molecule has 0 heterocycles. The van der Waals surface area contributed by atoms with Gasteiger partial charge in [0.2, 0.25) is 0 Å². The van der Waals surface area contributed by atoms with Crippen LogP contribution in [0.2, 0.25) is 0 Å². The van der Waals surface area contributed by atoms with E-state index in [9.17, 15) is 0 Å². The molecule has 1 saturated carbocycles. The third kappa shape index (κ3) is 1.60. The standard InChI is InChI=1S/C20H22/c1-20(2)18-10-6-5-9-16(18)17-12-11-15(13-19(17)20)14-7-3-4-8-14/h5-6,9-14H,3-4,7-8H2,1-2H3. The van der Waals surface area contributed by atoms with Gasteiger partial charge in [0.05, 0.1) is 0 Å². The van der Waals surface area contributed by atoms with Crippen molar-refractivity contribution in [3.8, 4) is 11.1 Å². The number of hydrogen-bond donors (Lipinski definition) is 0. The molecule has 0 unspecified atom stereocenters. The Morgan fingerprint density at radius 3 is 2.35 bits per heavy atom. The quantitative estimate of drug-likeness (QED) is 0.623. The van der Waals surface area contributed by atoms with Gasteiger partial charge in [-0.15, -0.1) is 0 Å². The van der Waals surface area contributed by atoms with Crippen LogP contribution in [0, 0.1) is 0 Å². The summed E-state index contributed by atoms with van der Waals surface area (Å²) in [6, 6.07) is 16.2. The highest BCUT2D eigenvalue weighted by atomic mass is 14.4. The summed E-state index contributed by atoms with van der Waals surface area (Å²) < 4.78 is 0. The predicted molar refractivity (Wildman–Crippen MR) is 85.2 cm³/mol. The van der Waals surface area contributed by atoms with E-state index in [-0.39, 0.29) is 5.41 Å². The second-order valence-corrected chi connectivity index (χ2v) is 6.96. The first kappa shape index (κ1) is 12.2. The topological polar surface area (TPSA) is 0 Å². The molecular weight excluding hydrogens is 240 g/mol. The van der Waals surface area contributed by atoms with Crippen LogP contribution in [0.3, 0.4) is 0 Å². The van der Waals surface area contributed by atoms with Gasteiger partial charge in [0, 0.05) is 5.41 Å². The number of benzene rings is 2. The van der Waals surface area contributed by atoms with E-state index in [0.29, 0.717) is 0 Å². The Morgan fingerprint density at radius 2 is 1.55 bits per heavy atom. The minimum Gasteiger partial charge on any atom is -0.0619 e. The van der Waals surface area contributed by atoms with E-state index in [1.54, 1.807) is 5.56 Å². The van der Waals surface area contributed by atoms with Crippen LogP contribution < -0.4 is 0 Å². The van der Waals surface area contributed by atoms with E-state index < -0.39 is 0 Å². The molecule has 0 nitrogen and oxygen atoms in total. The van der Waals surface area contributed by atoms with Crippen LogP contribution in [0.5, 0.6) is 0 Å². The van der Waals surface area contributed by atoms with Crippen molar-refractivity contribution in [1.29, 1.82) is 0 Å². The molecule has 0 aromatic heterocycles. The Hall–Kier alpha value is -1.56. The fourth-order valence-electron chi connectivity index (χ4n) is 4.23. The maximum Gasteiger partial charge on any atom is 0.0158 e. The molecule has 2 aliphatic carbocycles. The lowest BCUT2D eigenvalue weighted by Gasteiger charge is -2.22. The Balaban J connectivity index is 1.87. The van der Waals surface area contributed by atoms with Gasteiger partial charge in [0.25, 0.3) is 0 Å². The van der Waals surface area contributed by atoms with Crippen molar-refractivity contribution < 1.29 is 0 Å². The third-order valence-corrected chi connectivity index (χ3v) is 5.43. The second kappa shape index (κ2) is 4.22. The van der Waals surface area contributed by atoms with E-state index in [4.69, 9.17) is 0 Å². The van der Waals surface area contributed by atoms with E-state index in [2.05, 4.69) is 56.3 Å². The highest BCUT2D eigenvalue weighted by Gasteiger charge is 2.35. The molecule has 1 fully saturated rings. The maximum atomic E-state index is 2.51. The highest BCUT2D eigenvalue weighted by molar-refractivity contribution is 5.80. The smallest absolute Gasteiger partial charge is 0.0158 e. The molecule has 0 radical (unpaired) electrons. The van der Waals surface area contributed by atoms with E-state index in [1.165, 1.54) is 47.9 Å². The van der Waals surface area contributed by atoms with Gasteiger partial charge in [0.15, 0.2) is 0 Å². The van der Waals surface area contributed by atoms with Crippen molar-refractivity contribution in [2.24, 2.45) is 0 Å². The molecule has 0 heteroatoms. The molecule has 2 aliphatic rings. The van der Waals surface area contributed by atoms with Crippen molar-refractivity contribution in [2.45, 2.75) is 50.9 Å². The molecule has 0 aliphatic heterocycles. The summed E-state index contributed by atoms with van der Waals surface area (Å²) in [5.41, 5.74) is 7.63. The van der Waals surface area contributed by atoms with Gasteiger partial charge in [-0.05, 0) is 46.6 Å². The Kier molecular flexibility index (Phi) is 2.57. The molecule has 0 saturated heterocycles. The minimum atomic E-state index is 0.153. The van der Waals surface area contributed by atoms with Crippen LogP contribution in [0.4, 0.5) is 0 Å². The van der Waals surface area contributed by atoms with E-state index in [1.807, 2.05) is 0 Å². The Labute approximate surface area is 121 Å². The lowest BCUT2D eigenvalue weighted by Crippen LogP contribution is -2.15. The van der Waals surface area contributed by atoms with Gasteiger partial charge in [-0.2, -0.15) is 0 Å². The molecule has 20 heavy (non-hydrogen) atoms. The summed E-state index contributed by atoms with van der Waals surface area (Å²) in [5, 5.41) is 0. The van der Waals surface area contributed by atoms with Gasteiger partial charge in [0.1, 0.15) is 0 Å². The highest BCUT2D eigenvalue weighted by Crippen LogP contribution is 2.49. The fourth-order valence-corrected chi connectivity index (χ4v) is 4.23. The molecule has 0 spiro atoms. The molecule has 2 aromatic carbocycles. The van der Waals surface area contributed by atoms with Crippen LogP contribution in [-0.4, -0.2) is 0 Å². The maximum absolute atomic E-state index is 2.51. The fraction of sp³-hybridized carbons (Fsp3) is 0.400. The van der Waals surface area contributed by atoms with Crippen LogP contribution in [0.15, 0.2) is 42.5 Å². The SMILES string of the molecule is CC1(C)c2ccccc2-c2ccc(C3CCCC3)cc21. The lowest BCUT2D eigenvalue weighted by molar-refractivity contribution is 0.654. The van der Waals surface area contributed by atoms with Gasteiger partial charge in [-0.3, -0.25) is 0 Å². The average Bonchev–Trinajstić information content (AvgIpc) is 3.07. The minimum absolute atomic E-state index is 0.153. The number of fused-ring (bicyclic) bond motifs is 3. The zero-order valence-electron chi connectivity index (χ0n) is 12.4. The summed E-state index contributed by atoms with van der Waals surface area (Å²) in [6.07, 6.45) is 5.58. The van der Waals surface area contributed by atoms with Crippen LogP contribution in [0.25, 0.3) is 11.1 Å². The summed E-state index contributed by atoms with van der Waals surface area (Å²) >= 11 is 0. The first-order chi connectivity index (χ1) is 9.68. The summed E-state index contributed by atoms with van der Waals surface area (Å²) in [4.78, 5) is 0. The van der Waals surface area contributed by atoms with Gasteiger partial charge in [-0.25, -0.2) is 0 Å². The molecule has 0 amide bonds. The monoisotopic (exact) mass is 262 g/mol. The van der Waals surface area contributed by atoms with Crippen LogP contribution >= 0.6 is 0 Å². The first-order valence-electron chi connectivity index (χ1n) is 7.92. The molecular formula is C20H22. The van der Waals surface area contributed by atoms with Crippen molar-refractivity contribution >= 4 is 0 Å². The molecule has 2 aromatic rings. The summed E-state index contributed by atoms with van der Waals surface area (Å²) in [7, 11) is 0. The van der Waals surface area contributed by atoms with Gasteiger partial charge >= 0.3 is 0 Å². The van der Waals surface area contributed by atoms with Crippen molar-refractivity contribution in [3.05, 3.63) is 59.2 Å². The number of hydrogen-bond acceptors (Lipinski definition) is 0. The zero-order valence-corrected chi connectivity index (χ0v) is 12.4. The molecule has 4 rings (SSSR count). The van der Waals surface area contributed by atoms with Gasteiger partial charge in [-0.1, -0.05) is 69.2 Å². The molecule has 0 bridgehead atoms. The second-order valence-electron chi connectivity index (χ2n) is 6.96. The normalized spacial score (nSPS) is 19.9. The zero-order chi connectivity index (χ0) is 13.7. The Bertz CT molecular complexity index is 657. The van der Waals surface area contributed by atoms with Crippen molar-refractivity contribution in [1.82, 2.24) is 0 Å². The van der Waals surface area contributed by atoms with Crippen LogP contribution in [0.1, 0.15) is 62.1 Å². The average molecular weight is 262 g/mol.